The van der Waals surface area contributed by atoms with Crippen LogP contribution in [-0.2, 0) is 22.6 Å². The van der Waals surface area contributed by atoms with Crippen molar-refractivity contribution in [1.29, 1.82) is 0 Å². The molecule has 0 fully saturated rings. The van der Waals surface area contributed by atoms with Crippen LogP contribution in [0.4, 0.5) is 0 Å². The molecule has 0 radical (unpaired) electrons. The van der Waals surface area contributed by atoms with Crippen LogP contribution in [0.15, 0.2) is 54.6 Å². The first-order valence-electron chi connectivity index (χ1n) is 9.29. The summed E-state index contributed by atoms with van der Waals surface area (Å²) < 4.78 is 0. The zero-order valence-corrected chi connectivity index (χ0v) is 16.9. The van der Waals surface area contributed by atoms with E-state index < -0.39 is 6.04 Å². The van der Waals surface area contributed by atoms with Gasteiger partial charge in [-0.25, -0.2) is 0 Å². The van der Waals surface area contributed by atoms with E-state index in [2.05, 4.69) is 5.32 Å². The molecule has 0 saturated heterocycles. The van der Waals surface area contributed by atoms with E-state index in [-0.39, 0.29) is 17.7 Å². The van der Waals surface area contributed by atoms with E-state index >= 15 is 0 Å². The zero-order valence-electron chi connectivity index (χ0n) is 16.1. The molecule has 1 atom stereocenters. The lowest BCUT2D eigenvalue weighted by Gasteiger charge is -2.32. The van der Waals surface area contributed by atoms with Gasteiger partial charge in [0.15, 0.2) is 0 Å². The maximum atomic E-state index is 13.0. The van der Waals surface area contributed by atoms with E-state index in [1.54, 1.807) is 17.0 Å². The molecule has 0 bridgehead atoms. The highest BCUT2D eigenvalue weighted by molar-refractivity contribution is 6.30. The molecule has 2 amide bonds. The summed E-state index contributed by atoms with van der Waals surface area (Å²) in [5, 5.41) is 3.52. The first-order valence-corrected chi connectivity index (χ1v) is 9.66. The van der Waals surface area contributed by atoms with Crippen molar-refractivity contribution in [2.75, 3.05) is 6.54 Å². The first-order chi connectivity index (χ1) is 12.9. The number of halogens is 1. The summed E-state index contributed by atoms with van der Waals surface area (Å²) in [7, 11) is 0. The third-order valence-corrected chi connectivity index (χ3v) is 4.60. The highest BCUT2D eigenvalue weighted by Gasteiger charge is 2.31. The molecular weight excluding hydrogens is 360 g/mol. The Kier molecular flexibility index (Phi) is 7.86. The van der Waals surface area contributed by atoms with Gasteiger partial charge in [0, 0.05) is 30.5 Å². The van der Waals surface area contributed by atoms with Gasteiger partial charge in [-0.3, -0.25) is 9.59 Å². The van der Waals surface area contributed by atoms with Gasteiger partial charge < -0.3 is 10.2 Å². The summed E-state index contributed by atoms with van der Waals surface area (Å²) in [6.07, 6.45) is 0.471. The van der Waals surface area contributed by atoms with Crippen LogP contribution in [0.2, 0.25) is 5.02 Å². The molecule has 0 saturated carbocycles. The predicted molar refractivity (Wildman–Crippen MR) is 109 cm³/mol. The highest BCUT2D eigenvalue weighted by atomic mass is 35.5. The average molecular weight is 387 g/mol. The highest BCUT2D eigenvalue weighted by Crippen LogP contribution is 2.18. The monoisotopic (exact) mass is 386 g/mol. The lowest BCUT2D eigenvalue weighted by atomic mass is 10.0. The molecule has 0 aliphatic rings. The Morgan fingerprint density at radius 2 is 1.63 bits per heavy atom. The van der Waals surface area contributed by atoms with Gasteiger partial charge in [0.2, 0.25) is 11.8 Å². The molecule has 144 valence electrons. The van der Waals surface area contributed by atoms with Gasteiger partial charge in [-0.1, -0.05) is 67.9 Å². The fraction of sp³-hybridized carbons (Fsp3) is 0.364. The van der Waals surface area contributed by atoms with Crippen LogP contribution < -0.4 is 5.32 Å². The number of carbonyl (C=O) groups is 2. The van der Waals surface area contributed by atoms with Gasteiger partial charge in [0.1, 0.15) is 6.04 Å². The van der Waals surface area contributed by atoms with Crippen LogP contribution in [0.25, 0.3) is 0 Å². The summed E-state index contributed by atoms with van der Waals surface area (Å²) >= 11 is 5.98. The molecule has 2 aromatic rings. The second-order valence-corrected chi connectivity index (χ2v) is 7.28. The normalized spacial score (nSPS) is 11.9. The average Bonchev–Trinajstić information content (AvgIpc) is 2.66. The molecule has 0 aromatic heterocycles. The van der Waals surface area contributed by atoms with Gasteiger partial charge in [-0.15, -0.1) is 0 Å². The Labute approximate surface area is 166 Å². The number of nitrogens with zero attached hydrogens (tertiary/aromatic N) is 1. The van der Waals surface area contributed by atoms with E-state index in [0.29, 0.717) is 24.5 Å². The maximum Gasteiger partial charge on any atom is 0.243 e. The topological polar surface area (TPSA) is 49.4 Å². The number of hydrogen-bond donors (Lipinski definition) is 1. The zero-order chi connectivity index (χ0) is 19.8. The maximum absolute atomic E-state index is 13.0. The van der Waals surface area contributed by atoms with Crippen LogP contribution in [0.5, 0.6) is 0 Å². The lowest BCUT2D eigenvalue weighted by molar-refractivity contribution is -0.143. The number of carbonyl (C=O) groups excluding carboxylic acids is 2. The van der Waals surface area contributed by atoms with Crippen molar-refractivity contribution in [2.45, 2.75) is 39.8 Å². The molecule has 0 aliphatic heterocycles. The Morgan fingerprint density at radius 3 is 2.19 bits per heavy atom. The van der Waals surface area contributed by atoms with Crippen molar-refractivity contribution >= 4 is 23.4 Å². The summed E-state index contributed by atoms with van der Waals surface area (Å²) in [4.78, 5) is 27.5. The number of rotatable bonds is 8. The van der Waals surface area contributed by atoms with Crippen molar-refractivity contribution in [3.8, 4) is 0 Å². The lowest BCUT2D eigenvalue weighted by Crippen LogP contribution is -2.51. The van der Waals surface area contributed by atoms with E-state index in [9.17, 15) is 9.59 Å². The summed E-state index contributed by atoms with van der Waals surface area (Å²) in [6, 6.07) is 16.6. The summed E-state index contributed by atoms with van der Waals surface area (Å²) in [5.74, 6) is -0.383. The molecule has 2 rings (SSSR count). The number of amides is 2. The molecule has 27 heavy (non-hydrogen) atoms. The molecule has 0 unspecified atom stereocenters. The predicted octanol–water partition coefficient (Wildman–Crippen LogP) is 4.07. The fourth-order valence-electron chi connectivity index (χ4n) is 2.93. The van der Waals surface area contributed by atoms with Gasteiger partial charge in [-0.05, 0) is 30.2 Å². The van der Waals surface area contributed by atoms with Crippen molar-refractivity contribution in [1.82, 2.24) is 10.2 Å². The molecule has 0 spiro atoms. The van der Waals surface area contributed by atoms with Crippen LogP contribution in [0.1, 0.15) is 31.9 Å². The van der Waals surface area contributed by atoms with Crippen LogP contribution >= 0.6 is 11.6 Å². The van der Waals surface area contributed by atoms with E-state index in [4.69, 9.17) is 11.6 Å². The standard InChI is InChI=1S/C22H27ClN2O2/c1-4-24-21(26)20(14-17-8-6-5-7-9-17)25(22(27)16(2)3)15-18-10-12-19(23)13-11-18/h5-13,16,20H,4,14-15H2,1-3H3,(H,24,26)/t20-/m1/s1. The molecule has 5 heteroatoms. The molecular formula is C22H27ClN2O2. The minimum atomic E-state index is -0.571. The van der Waals surface area contributed by atoms with Crippen molar-refractivity contribution < 1.29 is 9.59 Å². The van der Waals surface area contributed by atoms with E-state index in [0.717, 1.165) is 11.1 Å². The van der Waals surface area contributed by atoms with Crippen molar-refractivity contribution in [2.24, 2.45) is 5.92 Å². The Balaban J connectivity index is 2.36. The van der Waals surface area contributed by atoms with Crippen LogP contribution in [0, 0.1) is 5.92 Å². The number of nitrogens with one attached hydrogen (secondary N) is 1. The molecule has 2 aromatic carbocycles. The molecule has 0 aliphatic carbocycles. The van der Waals surface area contributed by atoms with Gasteiger partial charge >= 0.3 is 0 Å². The molecule has 0 heterocycles. The quantitative estimate of drug-likeness (QED) is 0.743. The van der Waals surface area contributed by atoms with Crippen molar-refractivity contribution in [3.05, 3.63) is 70.7 Å². The summed E-state index contributed by atoms with van der Waals surface area (Å²) in [5.41, 5.74) is 1.96. The van der Waals surface area contributed by atoms with E-state index in [1.165, 1.54) is 0 Å². The van der Waals surface area contributed by atoms with Crippen molar-refractivity contribution in [3.63, 3.8) is 0 Å². The van der Waals surface area contributed by atoms with Gasteiger partial charge in [-0.2, -0.15) is 0 Å². The minimum absolute atomic E-state index is 0.0443. The van der Waals surface area contributed by atoms with Crippen LogP contribution in [-0.4, -0.2) is 29.3 Å². The number of benzene rings is 2. The second kappa shape index (κ2) is 10.1. The first kappa shape index (κ1) is 21.0. The number of hydrogen-bond acceptors (Lipinski definition) is 2. The smallest absolute Gasteiger partial charge is 0.243 e. The molecule has 4 nitrogen and oxygen atoms in total. The Morgan fingerprint density at radius 1 is 1.00 bits per heavy atom. The van der Waals surface area contributed by atoms with Gasteiger partial charge in [0.05, 0.1) is 0 Å². The SMILES string of the molecule is CCNC(=O)[C@@H](Cc1ccccc1)N(Cc1ccc(Cl)cc1)C(=O)C(C)C. The fourth-order valence-corrected chi connectivity index (χ4v) is 3.06. The third-order valence-electron chi connectivity index (χ3n) is 4.34. The Hall–Kier alpha value is -2.33. The van der Waals surface area contributed by atoms with Crippen LogP contribution in [0.3, 0.4) is 0 Å². The van der Waals surface area contributed by atoms with Gasteiger partial charge in [0.25, 0.3) is 0 Å². The third kappa shape index (κ3) is 6.10. The minimum Gasteiger partial charge on any atom is -0.355 e. The van der Waals surface area contributed by atoms with E-state index in [1.807, 2.05) is 63.2 Å². The summed E-state index contributed by atoms with van der Waals surface area (Å²) in [6.45, 7) is 6.48. The number of likely N-dealkylation sites (N-methyl/N-ethyl adjacent to an activating group) is 1. The largest absolute Gasteiger partial charge is 0.355 e. The second-order valence-electron chi connectivity index (χ2n) is 6.85. The molecule has 1 N–H and O–H groups in total. The Bertz CT molecular complexity index is 745.